The molecule has 1 aliphatic rings. The largest absolute Gasteiger partial charge is 0.487 e. The van der Waals surface area contributed by atoms with Crippen LogP contribution in [0.25, 0.3) is 0 Å². The standard InChI is InChI=1S/C15H22O4/c1-3-11-6-4-5-7-13(11)19-14-10-12(16)15(14)18-9-8-17-2/h4-7,12,14-16H,3,8-10H2,1-2H3. The van der Waals surface area contributed by atoms with Crippen LogP contribution in [0.1, 0.15) is 18.9 Å². The van der Waals surface area contributed by atoms with Crippen LogP contribution in [0.4, 0.5) is 0 Å². The van der Waals surface area contributed by atoms with E-state index in [0.29, 0.717) is 19.6 Å². The van der Waals surface area contributed by atoms with Crippen molar-refractivity contribution in [3.05, 3.63) is 29.8 Å². The molecule has 4 heteroatoms. The van der Waals surface area contributed by atoms with Gasteiger partial charge in [-0.25, -0.2) is 0 Å². The van der Waals surface area contributed by atoms with E-state index in [0.717, 1.165) is 12.2 Å². The summed E-state index contributed by atoms with van der Waals surface area (Å²) in [6, 6.07) is 8.00. The normalized spacial score (nSPS) is 25.9. The SMILES string of the molecule is CCc1ccccc1OC1CC(O)C1OCCOC. The Morgan fingerprint density at radius 1 is 1.26 bits per heavy atom. The smallest absolute Gasteiger partial charge is 0.130 e. The van der Waals surface area contributed by atoms with Crippen molar-refractivity contribution in [1.29, 1.82) is 0 Å². The summed E-state index contributed by atoms with van der Waals surface area (Å²) >= 11 is 0. The van der Waals surface area contributed by atoms with Crippen molar-refractivity contribution in [2.75, 3.05) is 20.3 Å². The molecule has 0 saturated heterocycles. The monoisotopic (exact) mass is 266 g/mol. The number of para-hydroxylation sites is 1. The van der Waals surface area contributed by atoms with Crippen molar-refractivity contribution in [3.63, 3.8) is 0 Å². The Morgan fingerprint density at radius 3 is 2.74 bits per heavy atom. The van der Waals surface area contributed by atoms with Gasteiger partial charge >= 0.3 is 0 Å². The predicted molar refractivity (Wildman–Crippen MR) is 72.5 cm³/mol. The Balaban J connectivity index is 1.91. The molecule has 1 aromatic rings. The highest BCUT2D eigenvalue weighted by Crippen LogP contribution is 2.30. The topological polar surface area (TPSA) is 47.9 Å². The number of rotatable bonds is 7. The van der Waals surface area contributed by atoms with Gasteiger partial charge in [-0.05, 0) is 18.1 Å². The van der Waals surface area contributed by atoms with E-state index in [9.17, 15) is 5.11 Å². The van der Waals surface area contributed by atoms with Gasteiger partial charge in [0, 0.05) is 13.5 Å². The van der Waals surface area contributed by atoms with Crippen molar-refractivity contribution >= 4 is 0 Å². The molecule has 2 rings (SSSR count). The molecule has 1 saturated carbocycles. The van der Waals surface area contributed by atoms with Crippen LogP contribution in [0.2, 0.25) is 0 Å². The van der Waals surface area contributed by atoms with Crippen LogP contribution in [0.15, 0.2) is 24.3 Å². The molecule has 0 aliphatic heterocycles. The summed E-state index contributed by atoms with van der Waals surface area (Å²) in [6.45, 7) is 3.11. The van der Waals surface area contributed by atoms with E-state index >= 15 is 0 Å². The van der Waals surface area contributed by atoms with Crippen LogP contribution >= 0.6 is 0 Å². The summed E-state index contributed by atoms with van der Waals surface area (Å²) in [5, 5.41) is 9.74. The molecule has 0 radical (unpaired) electrons. The second-order valence-electron chi connectivity index (χ2n) is 4.75. The number of methoxy groups -OCH3 is 1. The molecular formula is C15H22O4. The summed E-state index contributed by atoms with van der Waals surface area (Å²) in [6.07, 6.45) is 0.798. The van der Waals surface area contributed by atoms with Gasteiger partial charge < -0.3 is 19.3 Å². The maximum Gasteiger partial charge on any atom is 0.130 e. The van der Waals surface area contributed by atoms with Gasteiger partial charge in [0.2, 0.25) is 0 Å². The highest BCUT2D eigenvalue weighted by Gasteiger charge is 2.43. The molecule has 1 aromatic carbocycles. The Bertz CT molecular complexity index is 393. The number of hydrogen-bond acceptors (Lipinski definition) is 4. The molecule has 0 bridgehead atoms. The molecule has 1 fully saturated rings. The van der Waals surface area contributed by atoms with Gasteiger partial charge in [0.15, 0.2) is 0 Å². The lowest BCUT2D eigenvalue weighted by Gasteiger charge is -2.41. The summed E-state index contributed by atoms with van der Waals surface area (Å²) in [5.74, 6) is 0.891. The van der Waals surface area contributed by atoms with Crippen LogP contribution in [0.3, 0.4) is 0 Å². The van der Waals surface area contributed by atoms with E-state index in [-0.39, 0.29) is 12.2 Å². The minimum absolute atomic E-state index is 0.0699. The van der Waals surface area contributed by atoms with E-state index in [1.54, 1.807) is 7.11 Å². The van der Waals surface area contributed by atoms with Crippen LogP contribution in [0, 0.1) is 0 Å². The van der Waals surface area contributed by atoms with Gasteiger partial charge in [-0.1, -0.05) is 25.1 Å². The highest BCUT2D eigenvalue weighted by molar-refractivity contribution is 5.33. The van der Waals surface area contributed by atoms with Crippen molar-refractivity contribution in [2.45, 2.75) is 38.1 Å². The lowest BCUT2D eigenvalue weighted by Crippen LogP contribution is -2.55. The minimum atomic E-state index is -0.435. The maximum atomic E-state index is 9.74. The first kappa shape index (κ1) is 14.3. The number of ether oxygens (including phenoxy) is 3. The van der Waals surface area contributed by atoms with Gasteiger partial charge in [-0.15, -0.1) is 0 Å². The van der Waals surface area contributed by atoms with E-state index in [2.05, 4.69) is 13.0 Å². The third-order valence-electron chi connectivity index (χ3n) is 3.45. The first-order valence-corrected chi connectivity index (χ1v) is 6.79. The molecular weight excluding hydrogens is 244 g/mol. The molecule has 0 amide bonds. The Kier molecular flexibility index (Phi) is 5.19. The fourth-order valence-electron chi connectivity index (χ4n) is 2.23. The molecule has 0 spiro atoms. The summed E-state index contributed by atoms with van der Waals surface area (Å²) in [4.78, 5) is 0. The van der Waals surface area contributed by atoms with Crippen molar-refractivity contribution in [1.82, 2.24) is 0 Å². The third-order valence-corrected chi connectivity index (χ3v) is 3.45. The Labute approximate surface area is 114 Å². The van der Waals surface area contributed by atoms with Crippen molar-refractivity contribution < 1.29 is 19.3 Å². The van der Waals surface area contributed by atoms with Crippen LogP contribution in [0.5, 0.6) is 5.75 Å². The molecule has 106 valence electrons. The van der Waals surface area contributed by atoms with Crippen LogP contribution in [-0.4, -0.2) is 43.7 Å². The number of aryl methyl sites for hydroxylation is 1. The fraction of sp³-hybridized carbons (Fsp3) is 0.600. The molecule has 0 heterocycles. The second kappa shape index (κ2) is 6.89. The van der Waals surface area contributed by atoms with Crippen LogP contribution in [-0.2, 0) is 15.9 Å². The first-order chi connectivity index (χ1) is 9.26. The zero-order valence-electron chi connectivity index (χ0n) is 11.5. The first-order valence-electron chi connectivity index (χ1n) is 6.79. The quantitative estimate of drug-likeness (QED) is 0.764. The number of hydrogen-bond donors (Lipinski definition) is 1. The second-order valence-corrected chi connectivity index (χ2v) is 4.75. The van der Waals surface area contributed by atoms with Gasteiger partial charge in [0.25, 0.3) is 0 Å². The average Bonchev–Trinajstić information content (AvgIpc) is 2.43. The fourth-order valence-corrected chi connectivity index (χ4v) is 2.23. The molecule has 0 aromatic heterocycles. The Hall–Kier alpha value is -1.10. The zero-order chi connectivity index (χ0) is 13.7. The minimum Gasteiger partial charge on any atom is -0.487 e. The summed E-state index contributed by atoms with van der Waals surface area (Å²) < 4.78 is 16.5. The van der Waals surface area contributed by atoms with Crippen LogP contribution < -0.4 is 4.74 Å². The average molecular weight is 266 g/mol. The summed E-state index contributed by atoms with van der Waals surface area (Å²) in [5.41, 5.74) is 1.18. The van der Waals surface area contributed by atoms with Gasteiger partial charge in [0.05, 0.1) is 19.3 Å². The van der Waals surface area contributed by atoms with Crippen molar-refractivity contribution in [2.24, 2.45) is 0 Å². The van der Waals surface area contributed by atoms with Gasteiger partial charge in [0.1, 0.15) is 18.0 Å². The predicted octanol–water partition coefficient (Wildman–Crippen LogP) is 1.79. The zero-order valence-corrected chi connectivity index (χ0v) is 11.5. The summed E-state index contributed by atoms with van der Waals surface area (Å²) in [7, 11) is 1.63. The highest BCUT2D eigenvalue weighted by atomic mass is 16.6. The molecule has 1 N–H and O–H groups in total. The van der Waals surface area contributed by atoms with E-state index in [1.807, 2.05) is 18.2 Å². The number of aliphatic hydroxyl groups excluding tert-OH is 1. The van der Waals surface area contributed by atoms with Crippen molar-refractivity contribution in [3.8, 4) is 5.75 Å². The Morgan fingerprint density at radius 2 is 2.05 bits per heavy atom. The number of aliphatic hydroxyl groups is 1. The van der Waals surface area contributed by atoms with Gasteiger partial charge in [-0.2, -0.15) is 0 Å². The lowest BCUT2D eigenvalue weighted by atomic mass is 9.88. The van der Waals surface area contributed by atoms with E-state index in [4.69, 9.17) is 14.2 Å². The maximum absolute atomic E-state index is 9.74. The molecule has 3 atom stereocenters. The molecule has 19 heavy (non-hydrogen) atoms. The third kappa shape index (κ3) is 3.47. The number of benzene rings is 1. The van der Waals surface area contributed by atoms with E-state index < -0.39 is 6.10 Å². The molecule has 4 nitrogen and oxygen atoms in total. The lowest BCUT2D eigenvalue weighted by molar-refractivity contribution is -0.167. The molecule has 1 aliphatic carbocycles. The van der Waals surface area contributed by atoms with Gasteiger partial charge in [-0.3, -0.25) is 0 Å². The molecule has 3 unspecified atom stereocenters. The van der Waals surface area contributed by atoms with E-state index in [1.165, 1.54) is 5.56 Å².